The Hall–Kier alpha value is -2.87. The maximum absolute atomic E-state index is 13.5. The zero-order valence-electron chi connectivity index (χ0n) is 22.5. The Kier molecular flexibility index (Phi) is 11.0. The van der Waals surface area contributed by atoms with Crippen molar-refractivity contribution in [1.29, 1.82) is 0 Å². The van der Waals surface area contributed by atoms with E-state index in [1.165, 1.54) is 10.6 Å². The molecule has 0 heterocycles. The molecule has 0 saturated heterocycles. The smallest absolute Gasteiger partial charge is 0.243 e. The van der Waals surface area contributed by atoms with Crippen molar-refractivity contribution in [3.8, 4) is 0 Å². The Labute approximate surface area is 216 Å². The standard InChI is InChI=1S/C28H41N3O4S/c1-7-23(5)29-28(33)26(8-2)30(20-24-15-11-21(3)12-16-24)27(32)10-9-19-31(36(6,34)35)25-17-13-22(4)14-18-25/h11-18,23,26H,7-10,19-20H2,1-6H3,(H,29,33)/t23-,26-/m1/s1. The molecule has 1 N–H and O–H groups in total. The number of nitrogens with one attached hydrogen (secondary N) is 1. The molecular weight excluding hydrogens is 474 g/mol. The van der Waals surface area contributed by atoms with Gasteiger partial charge in [-0.1, -0.05) is 61.4 Å². The number of amides is 2. The van der Waals surface area contributed by atoms with Gasteiger partial charge in [0, 0.05) is 25.6 Å². The van der Waals surface area contributed by atoms with Gasteiger partial charge in [-0.25, -0.2) is 8.42 Å². The molecule has 2 aromatic rings. The highest BCUT2D eigenvalue weighted by atomic mass is 32.2. The molecule has 2 atom stereocenters. The van der Waals surface area contributed by atoms with Crippen molar-refractivity contribution < 1.29 is 18.0 Å². The fourth-order valence-corrected chi connectivity index (χ4v) is 4.93. The van der Waals surface area contributed by atoms with Crippen LogP contribution in [0.25, 0.3) is 0 Å². The van der Waals surface area contributed by atoms with Crippen molar-refractivity contribution in [2.24, 2.45) is 0 Å². The fraction of sp³-hybridized carbons (Fsp3) is 0.500. The summed E-state index contributed by atoms with van der Waals surface area (Å²) in [7, 11) is -3.51. The van der Waals surface area contributed by atoms with Gasteiger partial charge >= 0.3 is 0 Å². The third-order valence-corrected chi connectivity index (χ3v) is 7.53. The van der Waals surface area contributed by atoms with E-state index >= 15 is 0 Å². The van der Waals surface area contributed by atoms with Gasteiger partial charge in [0.25, 0.3) is 0 Å². The average molecular weight is 516 g/mol. The van der Waals surface area contributed by atoms with Gasteiger partial charge in [-0.3, -0.25) is 13.9 Å². The van der Waals surface area contributed by atoms with E-state index in [0.717, 1.165) is 23.1 Å². The molecule has 2 amide bonds. The second-order valence-electron chi connectivity index (χ2n) is 9.52. The van der Waals surface area contributed by atoms with Crippen LogP contribution >= 0.6 is 0 Å². The maximum Gasteiger partial charge on any atom is 0.243 e. The van der Waals surface area contributed by atoms with Gasteiger partial charge in [-0.05, 0) is 57.7 Å². The molecule has 198 valence electrons. The highest BCUT2D eigenvalue weighted by Crippen LogP contribution is 2.20. The molecule has 7 nitrogen and oxygen atoms in total. The van der Waals surface area contributed by atoms with Crippen LogP contribution in [-0.4, -0.2) is 50.0 Å². The van der Waals surface area contributed by atoms with E-state index in [4.69, 9.17) is 0 Å². The molecule has 2 rings (SSSR count). The molecule has 0 spiro atoms. The fourth-order valence-electron chi connectivity index (χ4n) is 3.97. The first-order valence-electron chi connectivity index (χ1n) is 12.7. The highest BCUT2D eigenvalue weighted by Gasteiger charge is 2.29. The predicted octanol–water partition coefficient (Wildman–Crippen LogP) is 4.57. The van der Waals surface area contributed by atoms with Crippen LogP contribution in [0.5, 0.6) is 0 Å². The Morgan fingerprint density at radius 2 is 1.47 bits per heavy atom. The van der Waals surface area contributed by atoms with Crippen molar-refractivity contribution >= 4 is 27.5 Å². The number of nitrogens with zero attached hydrogens (tertiary/aromatic N) is 2. The first kappa shape index (κ1) is 29.4. The number of carbonyl (C=O) groups is 2. The summed E-state index contributed by atoms with van der Waals surface area (Å²) < 4.78 is 26.2. The van der Waals surface area contributed by atoms with E-state index < -0.39 is 16.1 Å². The van der Waals surface area contributed by atoms with E-state index in [2.05, 4.69) is 5.32 Å². The molecule has 0 aliphatic heterocycles. The number of carbonyl (C=O) groups excluding carboxylic acids is 2. The van der Waals surface area contributed by atoms with Crippen LogP contribution in [0.2, 0.25) is 0 Å². The van der Waals surface area contributed by atoms with Gasteiger partial charge in [0.05, 0.1) is 11.9 Å². The van der Waals surface area contributed by atoms with Crippen molar-refractivity contribution in [1.82, 2.24) is 10.2 Å². The molecule has 0 aliphatic carbocycles. The van der Waals surface area contributed by atoms with Crippen LogP contribution in [0.1, 0.15) is 63.1 Å². The predicted molar refractivity (Wildman–Crippen MR) is 146 cm³/mol. The SMILES string of the molecule is CC[C@@H](C)NC(=O)[C@@H](CC)N(Cc1ccc(C)cc1)C(=O)CCCN(c1ccc(C)cc1)S(C)(=O)=O. The lowest BCUT2D eigenvalue weighted by Gasteiger charge is -2.32. The Balaban J connectivity index is 2.21. The summed E-state index contributed by atoms with van der Waals surface area (Å²) in [5.41, 5.74) is 3.68. The first-order valence-corrected chi connectivity index (χ1v) is 14.5. The van der Waals surface area contributed by atoms with E-state index in [0.29, 0.717) is 25.1 Å². The van der Waals surface area contributed by atoms with E-state index in [1.807, 2.05) is 71.0 Å². The van der Waals surface area contributed by atoms with Crippen LogP contribution in [0.4, 0.5) is 5.69 Å². The minimum atomic E-state index is -3.51. The summed E-state index contributed by atoms with van der Waals surface area (Å²) in [6.07, 6.45) is 2.93. The molecular formula is C28H41N3O4S. The number of rotatable bonds is 13. The second kappa shape index (κ2) is 13.4. The molecule has 36 heavy (non-hydrogen) atoms. The Morgan fingerprint density at radius 1 is 0.917 bits per heavy atom. The normalized spacial score (nSPS) is 13.1. The zero-order chi connectivity index (χ0) is 26.9. The van der Waals surface area contributed by atoms with Crippen LogP contribution in [0, 0.1) is 13.8 Å². The lowest BCUT2D eigenvalue weighted by atomic mass is 10.1. The minimum Gasteiger partial charge on any atom is -0.352 e. The Morgan fingerprint density at radius 3 is 1.97 bits per heavy atom. The van der Waals surface area contributed by atoms with Crippen molar-refractivity contribution in [2.45, 2.75) is 78.9 Å². The van der Waals surface area contributed by atoms with Gasteiger partial charge < -0.3 is 10.2 Å². The summed E-state index contributed by atoms with van der Waals surface area (Å²) in [4.78, 5) is 28.2. The molecule has 2 aromatic carbocycles. The van der Waals surface area contributed by atoms with Crippen LogP contribution < -0.4 is 9.62 Å². The largest absolute Gasteiger partial charge is 0.352 e. The topological polar surface area (TPSA) is 86.8 Å². The minimum absolute atomic E-state index is 0.0145. The molecule has 0 aliphatic rings. The first-order chi connectivity index (χ1) is 17.0. The number of sulfonamides is 1. The molecule has 0 bridgehead atoms. The lowest BCUT2D eigenvalue weighted by Crippen LogP contribution is -2.50. The number of anilines is 1. The summed E-state index contributed by atoms with van der Waals surface area (Å²) in [6, 6.07) is 14.6. The van der Waals surface area contributed by atoms with Gasteiger partial charge in [0.15, 0.2) is 0 Å². The van der Waals surface area contributed by atoms with Crippen LogP contribution in [0.3, 0.4) is 0 Å². The lowest BCUT2D eigenvalue weighted by molar-refractivity contribution is -0.141. The number of hydrogen-bond donors (Lipinski definition) is 1. The average Bonchev–Trinajstić information content (AvgIpc) is 2.82. The van der Waals surface area contributed by atoms with Crippen LogP contribution in [0.15, 0.2) is 48.5 Å². The van der Waals surface area contributed by atoms with Crippen molar-refractivity contribution in [3.05, 3.63) is 65.2 Å². The summed E-state index contributed by atoms with van der Waals surface area (Å²) in [6.45, 7) is 10.3. The molecule has 8 heteroatoms. The molecule has 0 radical (unpaired) electrons. The van der Waals surface area contributed by atoms with Crippen molar-refractivity contribution in [3.63, 3.8) is 0 Å². The monoisotopic (exact) mass is 515 g/mol. The van der Waals surface area contributed by atoms with Gasteiger partial charge in [-0.15, -0.1) is 0 Å². The number of benzene rings is 2. The third-order valence-electron chi connectivity index (χ3n) is 6.33. The molecule has 0 unspecified atom stereocenters. The number of hydrogen-bond acceptors (Lipinski definition) is 4. The summed E-state index contributed by atoms with van der Waals surface area (Å²) in [5.74, 6) is -0.330. The number of aryl methyl sites for hydroxylation is 2. The third kappa shape index (κ3) is 8.66. The molecule has 0 fully saturated rings. The maximum atomic E-state index is 13.5. The van der Waals surface area contributed by atoms with Gasteiger partial charge in [-0.2, -0.15) is 0 Å². The van der Waals surface area contributed by atoms with Gasteiger partial charge in [0.1, 0.15) is 6.04 Å². The molecule has 0 saturated carbocycles. The van der Waals surface area contributed by atoms with Gasteiger partial charge in [0.2, 0.25) is 21.8 Å². The second-order valence-corrected chi connectivity index (χ2v) is 11.4. The van der Waals surface area contributed by atoms with Crippen LogP contribution in [-0.2, 0) is 26.2 Å². The quantitative estimate of drug-likeness (QED) is 0.423. The zero-order valence-corrected chi connectivity index (χ0v) is 23.3. The Bertz CT molecular complexity index is 1100. The van der Waals surface area contributed by atoms with E-state index in [9.17, 15) is 18.0 Å². The molecule has 0 aromatic heterocycles. The van der Waals surface area contributed by atoms with Crippen molar-refractivity contribution in [2.75, 3.05) is 17.1 Å². The highest BCUT2D eigenvalue weighted by molar-refractivity contribution is 7.92. The summed E-state index contributed by atoms with van der Waals surface area (Å²) in [5, 5.41) is 3.01. The van der Waals surface area contributed by atoms with E-state index in [1.54, 1.807) is 17.0 Å². The summed E-state index contributed by atoms with van der Waals surface area (Å²) >= 11 is 0. The van der Waals surface area contributed by atoms with E-state index in [-0.39, 0.29) is 30.8 Å².